The van der Waals surface area contributed by atoms with Crippen molar-refractivity contribution < 1.29 is 9.59 Å². The molecule has 2 amide bonds. The fourth-order valence-corrected chi connectivity index (χ4v) is 4.44. The van der Waals surface area contributed by atoms with Crippen LogP contribution in [0.3, 0.4) is 0 Å². The zero-order valence-electron chi connectivity index (χ0n) is 16.8. The quantitative estimate of drug-likeness (QED) is 0.385. The van der Waals surface area contributed by atoms with Crippen molar-refractivity contribution >= 4 is 62.5 Å². The number of rotatable bonds is 5. The number of halogens is 2. The van der Waals surface area contributed by atoms with E-state index in [1.54, 1.807) is 18.2 Å². The topological polar surface area (TPSA) is 49.4 Å². The van der Waals surface area contributed by atoms with Gasteiger partial charge in [0, 0.05) is 20.1 Å². The van der Waals surface area contributed by atoms with Crippen molar-refractivity contribution in [3.8, 4) is 0 Å². The van der Waals surface area contributed by atoms with Crippen LogP contribution in [0, 0.1) is 13.8 Å². The second-order valence-corrected chi connectivity index (χ2v) is 9.54. The molecular formula is C24H18BrClN2O2S. The largest absolute Gasteiger partial charge is 0.350 e. The van der Waals surface area contributed by atoms with Gasteiger partial charge in [0.2, 0.25) is 0 Å². The maximum atomic E-state index is 13.4. The van der Waals surface area contributed by atoms with Gasteiger partial charge in [0.25, 0.3) is 11.8 Å². The summed E-state index contributed by atoms with van der Waals surface area (Å²) in [6.07, 6.45) is 0. The highest BCUT2D eigenvalue weighted by Gasteiger charge is 2.40. The predicted octanol–water partition coefficient (Wildman–Crippen LogP) is 6.71. The highest BCUT2D eigenvalue weighted by Crippen LogP contribution is 2.38. The monoisotopic (exact) mass is 512 g/mol. The molecule has 1 heterocycles. The Balaban J connectivity index is 1.74. The number of hydrogen-bond donors (Lipinski definition) is 1. The van der Waals surface area contributed by atoms with Gasteiger partial charge in [-0.1, -0.05) is 63.1 Å². The highest BCUT2D eigenvalue weighted by atomic mass is 79.9. The molecule has 3 aromatic rings. The van der Waals surface area contributed by atoms with E-state index >= 15 is 0 Å². The average Bonchev–Trinajstić information content (AvgIpc) is 2.97. The molecule has 0 atom stereocenters. The molecule has 0 saturated heterocycles. The molecule has 1 N–H and O–H groups in total. The second kappa shape index (κ2) is 8.91. The van der Waals surface area contributed by atoms with Gasteiger partial charge < -0.3 is 5.32 Å². The summed E-state index contributed by atoms with van der Waals surface area (Å²) in [6, 6.07) is 20.4. The van der Waals surface area contributed by atoms with E-state index in [1.807, 2.05) is 62.4 Å². The first-order chi connectivity index (χ1) is 14.8. The molecule has 31 heavy (non-hydrogen) atoms. The molecule has 0 radical (unpaired) electrons. The maximum absolute atomic E-state index is 13.4. The summed E-state index contributed by atoms with van der Waals surface area (Å²) in [7, 11) is 0. The van der Waals surface area contributed by atoms with Crippen LogP contribution < -0.4 is 10.2 Å². The molecular weight excluding hydrogens is 496 g/mol. The Morgan fingerprint density at radius 3 is 2.23 bits per heavy atom. The number of hydrogen-bond acceptors (Lipinski definition) is 4. The zero-order valence-corrected chi connectivity index (χ0v) is 19.9. The number of aryl methyl sites for hydroxylation is 2. The van der Waals surface area contributed by atoms with Crippen molar-refractivity contribution in [1.82, 2.24) is 0 Å². The molecule has 4 rings (SSSR count). The van der Waals surface area contributed by atoms with Crippen LogP contribution in [0.25, 0.3) is 0 Å². The average molecular weight is 514 g/mol. The molecule has 0 fully saturated rings. The maximum Gasteiger partial charge on any atom is 0.283 e. The normalized spacial score (nSPS) is 13.9. The standard InChI is InChI=1S/C24H18BrClN2O2S/c1-14-3-11-19(12-4-14)31-22-21(27-17-8-6-16(25)7-9-17)23(29)28(24(22)30)18-10-5-15(2)20(26)13-18/h3-13,27H,1-2H3. The SMILES string of the molecule is Cc1ccc(SC2=C(Nc3ccc(Br)cc3)C(=O)N(c3ccc(C)c(Cl)c3)C2=O)cc1. The van der Waals surface area contributed by atoms with E-state index in [2.05, 4.69) is 21.2 Å². The van der Waals surface area contributed by atoms with Crippen LogP contribution in [-0.2, 0) is 9.59 Å². The Morgan fingerprint density at radius 2 is 1.58 bits per heavy atom. The van der Waals surface area contributed by atoms with Gasteiger partial charge in [-0.15, -0.1) is 0 Å². The van der Waals surface area contributed by atoms with E-state index in [9.17, 15) is 9.59 Å². The fourth-order valence-electron chi connectivity index (χ4n) is 3.07. The summed E-state index contributed by atoms with van der Waals surface area (Å²) in [5.74, 6) is -0.794. The fraction of sp³-hybridized carbons (Fsp3) is 0.0833. The van der Waals surface area contributed by atoms with Gasteiger partial charge in [-0.2, -0.15) is 0 Å². The molecule has 0 aromatic heterocycles. The molecule has 0 saturated carbocycles. The van der Waals surface area contributed by atoms with Crippen molar-refractivity contribution in [2.45, 2.75) is 18.7 Å². The Bertz CT molecular complexity index is 1140. The predicted molar refractivity (Wildman–Crippen MR) is 131 cm³/mol. The third kappa shape index (κ3) is 4.56. The van der Waals surface area contributed by atoms with Gasteiger partial charge in [-0.05, 0) is 67.9 Å². The number of amides is 2. The molecule has 4 nitrogen and oxygen atoms in total. The zero-order chi connectivity index (χ0) is 22.1. The van der Waals surface area contributed by atoms with Crippen molar-refractivity contribution in [1.29, 1.82) is 0 Å². The van der Waals surface area contributed by atoms with Crippen LogP contribution in [0.5, 0.6) is 0 Å². The van der Waals surface area contributed by atoms with Gasteiger partial charge in [0.05, 0.1) is 5.69 Å². The Kier molecular flexibility index (Phi) is 6.23. The van der Waals surface area contributed by atoms with Crippen LogP contribution in [0.1, 0.15) is 11.1 Å². The number of carbonyl (C=O) groups is 2. The molecule has 7 heteroatoms. The van der Waals surface area contributed by atoms with Crippen LogP contribution >= 0.6 is 39.3 Å². The lowest BCUT2D eigenvalue weighted by Crippen LogP contribution is -2.32. The molecule has 0 aliphatic carbocycles. The van der Waals surface area contributed by atoms with Crippen molar-refractivity contribution in [2.24, 2.45) is 0 Å². The summed E-state index contributed by atoms with van der Waals surface area (Å²) in [4.78, 5) is 29.1. The Labute approximate surface area is 198 Å². The van der Waals surface area contributed by atoms with Crippen molar-refractivity contribution in [3.05, 3.63) is 98.0 Å². The minimum atomic E-state index is -0.414. The minimum Gasteiger partial charge on any atom is -0.350 e. The first-order valence-corrected chi connectivity index (χ1v) is 11.5. The molecule has 1 aliphatic heterocycles. The summed E-state index contributed by atoms with van der Waals surface area (Å²) < 4.78 is 0.922. The Hall–Kier alpha value is -2.54. The van der Waals surface area contributed by atoms with E-state index in [0.717, 1.165) is 20.5 Å². The number of anilines is 2. The lowest BCUT2D eigenvalue weighted by molar-refractivity contribution is -0.120. The van der Waals surface area contributed by atoms with E-state index in [-0.39, 0.29) is 11.6 Å². The number of imide groups is 1. The van der Waals surface area contributed by atoms with Crippen molar-refractivity contribution in [3.63, 3.8) is 0 Å². The molecule has 156 valence electrons. The molecule has 0 unspecified atom stereocenters. The third-order valence-corrected chi connectivity index (χ3v) is 6.84. The molecule has 0 bridgehead atoms. The smallest absolute Gasteiger partial charge is 0.283 e. The third-order valence-electron chi connectivity index (χ3n) is 4.81. The van der Waals surface area contributed by atoms with E-state index < -0.39 is 5.91 Å². The summed E-state index contributed by atoms with van der Waals surface area (Å²) in [6.45, 7) is 3.87. The molecule has 0 spiro atoms. The van der Waals surface area contributed by atoms with Crippen LogP contribution in [0.15, 0.2) is 86.7 Å². The van der Waals surface area contributed by atoms with Gasteiger partial charge in [0.1, 0.15) is 10.6 Å². The van der Waals surface area contributed by atoms with Gasteiger partial charge in [0.15, 0.2) is 0 Å². The van der Waals surface area contributed by atoms with Crippen LogP contribution in [0.2, 0.25) is 5.02 Å². The van der Waals surface area contributed by atoms with E-state index in [0.29, 0.717) is 21.3 Å². The van der Waals surface area contributed by atoms with Gasteiger partial charge >= 0.3 is 0 Å². The van der Waals surface area contributed by atoms with Gasteiger partial charge in [-0.25, -0.2) is 4.90 Å². The highest BCUT2D eigenvalue weighted by molar-refractivity contribution is 9.10. The van der Waals surface area contributed by atoms with Crippen LogP contribution in [0.4, 0.5) is 11.4 Å². The number of nitrogens with zero attached hydrogens (tertiary/aromatic N) is 1. The molecule has 3 aromatic carbocycles. The minimum absolute atomic E-state index is 0.245. The molecule has 1 aliphatic rings. The summed E-state index contributed by atoms with van der Waals surface area (Å²) >= 11 is 10.9. The number of carbonyl (C=O) groups excluding carboxylic acids is 2. The number of benzene rings is 3. The van der Waals surface area contributed by atoms with Crippen LogP contribution in [-0.4, -0.2) is 11.8 Å². The number of nitrogens with one attached hydrogen (secondary N) is 1. The first kappa shape index (κ1) is 21.7. The first-order valence-electron chi connectivity index (χ1n) is 9.50. The van der Waals surface area contributed by atoms with E-state index in [1.165, 1.54) is 16.7 Å². The van der Waals surface area contributed by atoms with Crippen molar-refractivity contribution in [2.75, 3.05) is 10.2 Å². The lowest BCUT2D eigenvalue weighted by atomic mass is 10.2. The van der Waals surface area contributed by atoms with Gasteiger partial charge in [-0.3, -0.25) is 9.59 Å². The van der Waals surface area contributed by atoms with E-state index in [4.69, 9.17) is 11.6 Å². The number of thioether (sulfide) groups is 1. The second-order valence-electron chi connectivity index (χ2n) is 7.13. The summed E-state index contributed by atoms with van der Waals surface area (Å²) in [5, 5.41) is 3.65. The lowest BCUT2D eigenvalue weighted by Gasteiger charge is -2.16. The summed E-state index contributed by atoms with van der Waals surface area (Å²) in [5.41, 5.74) is 3.40. The Morgan fingerprint density at radius 1 is 0.903 bits per heavy atom.